The molecule has 0 spiro atoms. The summed E-state index contributed by atoms with van der Waals surface area (Å²) in [6.07, 6.45) is 7.38. The summed E-state index contributed by atoms with van der Waals surface area (Å²) in [6, 6.07) is 2.41. The van der Waals surface area contributed by atoms with E-state index in [1.807, 2.05) is 55.4 Å². The Bertz CT molecular complexity index is 423. The van der Waals surface area contributed by atoms with Gasteiger partial charge in [0.15, 0.2) is 0 Å². The molecule has 3 atom stereocenters. The zero-order valence-corrected chi connectivity index (χ0v) is 31.2. The maximum Gasteiger partial charge on any atom is 0.0224 e. The van der Waals surface area contributed by atoms with E-state index in [1.54, 1.807) is 0 Å². The average molecular weight is 574 g/mol. The van der Waals surface area contributed by atoms with E-state index in [1.165, 1.54) is 71.4 Å². The number of hydrogen-bond donors (Lipinski definition) is 0. The first-order valence-corrected chi connectivity index (χ1v) is 17.7. The molecule has 0 N–H and O–H groups in total. The quantitative estimate of drug-likeness (QED) is 0.325. The van der Waals surface area contributed by atoms with Crippen LogP contribution in [0.1, 0.15) is 164 Å². The molecule has 3 heterocycles. The first kappa shape index (κ1) is 49.6. The highest BCUT2D eigenvalue weighted by Crippen LogP contribution is 2.38. The van der Waals surface area contributed by atoms with Crippen molar-refractivity contribution in [3.8, 4) is 0 Å². The van der Waals surface area contributed by atoms with E-state index in [9.17, 15) is 0 Å². The molecule has 4 rings (SSSR count). The molecule has 1 aliphatic carbocycles. The number of fused-ring (bicyclic) bond motifs is 2. The molecule has 0 aromatic carbocycles. The van der Waals surface area contributed by atoms with Crippen molar-refractivity contribution in [3.05, 3.63) is 0 Å². The second-order valence-corrected chi connectivity index (χ2v) is 12.4. The predicted molar refractivity (Wildman–Crippen MR) is 192 cm³/mol. The topological polar surface area (TPSA) is 9.72 Å². The fourth-order valence-corrected chi connectivity index (χ4v) is 5.18. The standard InChI is InChI=1S/C10H20N2.C10H19N.2C4H10.4C2H6.CH4/c1-9(2)12-7-6-11-5-3-4-10(11)8-12;1-8(2)11-6-9-4-3-5-10(9)7-11;2*1-4(2)3;4*1-2;/h9-10H,3-8H2,1-2H3;8-10H,3-7H2,1-2H3;2*4H,1-3H3;4*1-2H3;1H4. The number of hydrogen-bond acceptors (Lipinski definition) is 3. The molecular formula is C37H87N3. The Morgan fingerprint density at radius 2 is 0.825 bits per heavy atom. The van der Waals surface area contributed by atoms with E-state index in [2.05, 4.69) is 83.9 Å². The van der Waals surface area contributed by atoms with Gasteiger partial charge in [-0.25, -0.2) is 0 Å². The smallest absolute Gasteiger partial charge is 0.0224 e. The summed E-state index contributed by atoms with van der Waals surface area (Å²) in [4.78, 5) is 7.93. The van der Waals surface area contributed by atoms with E-state index in [0.717, 1.165) is 41.8 Å². The first-order valence-electron chi connectivity index (χ1n) is 17.7. The molecule has 0 bridgehead atoms. The molecule has 250 valence electrons. The Hall–Kier alpha value is -0.120. The van der Waals surface area contributed by atoms with Crippen molar-refractivity contribution in [2.24, 2.45) is 23.7 Å². The minimum absolute atomic E-state index is 0. The van der Waals surface area contributed by atoms with Crippen molar-refractivity contribution in [2.45, 2.75) is 182 Å². The summed E-state index contributed by atoms with van der Waals surface area (Å²) in [5.74, 6) is 3.80. The number of rotatable bonds is 2. The van der Waals surface area contributed by atoms with Crippen LogP contribution in [0, 0.1) is 23.7 Å². The summed E-state index contributed by atoms with van der Waals surface area (Å²) in [6.45, 7) is 46.3. The van der Waals surface area contributed by atoms with Crippen LogP contribution < -0.4 is 0 Å². The summed E-state index contributed by atoms with van der Waals surface area (Å²) in [5, 5.41) is 0. The normalized spacial score (nSPS) is 22.8. The van der Waals surface area contributed by atoms with Gasteiger partial charge in [-0.05, 0) is 83.6 Å². The minimum atomic E-state index is 0. The zero-order chi connectivity index (χ0) is 31.6. The fraction of sp³-hybridized carbons (Fsp3) is 1.00. The van der Waals surface area contributed by atoms with Gasteiger partial charge in [-0.15, -0.1) is 0 Å². The van der Waals surface area contributed by atoms with Gasteiger partial charge in [0.1, 0.15) is 0 Å². The zero-order valence-electron chi connectivity index (χ0n) is 31.2. The van der Waals surface area contributed by atoms with Gasteiger partial charge in [0.05, 0.1) is 0 Å². The predicted octanol–water partition coefficient (Wildman–Crippen LogP) is 11.4. The lowest BCUT2D eigenvalue weighted by atomic mass is 10.0. The molecule has 40 heavy (non-hydrogen) atoms. The van der Waals surface area contributed by atoms with Crippen LogP contribution in [0.4, 0.5) is 0 Å². The van der Waals surface area contributed by atoms with E-state index < -0.39 is 0 Å². The molecule has 0 aromatic heterocycles. The van der Waals surface area contributed by atoms with E-state index in [4.69, 9.17) is 0 Å². The Morgan fingerprint density at radius 1 is 0.450 bits per heavy atom. The second kappa shape index (κ2) is 33.4. The molecule has 3 saturated heterocycles. The average Bonchev–Trinajstić information content (AvgIpc) is 3.65. The van der Waals surface area contributed by atoms with Gasteiger partial charge in [0.25, 0.3) is 0 Å². The Kier molecular flexibility index (Phi) is 41.4. The molecule has 0 amide bonds. The molecule has 0 radical (unpaired) electrons. The lowest BCUT2D eigenvalue weighted by Gasteiger charge is -2.39. The van der Waals surface area contributed by atoms with Gasteiger partial charge < -0.3 is 4.90 Å². The van der Waals surface area contributed by atoms with Crippen LogP contribution in [0.15, 0.2) is 0 Å². The van der Waals surface area contributed by atoms with Gasteiger partial charge in [-0.2, -0.15) is 0 Å². The van der Waals surface area contributed by atoms with Gasteiger partial charge in [-0.1, -0.05) is 111 Å². The lowest BCUT2D eigenvalue weighted by Crippen LogP contribution is -2.52. The van der Waals surface area contributed by atoms with E-state index in [0.29, 0.717) is 0 Å². The Morgan fingerprint density at radius 3 is 1.18 bits per heavy atom. The fourth-order valence-electron chi connectivity index (χ4n) is 5.18. The van der Waals surface area contributed by atoms with Crippen molar-refractivity contribution in [3.63, 3.8) is 0 Å². The highest BCUT2D eigenvalue weighted by Gasteiger charge is 2.36. The molecule has 4 fully saturated rings. The lowest BCUT2D eigenvalue weighted by molar-refractivity contribution is 0.0827. The van der Waals surface area contributed by atoms with E-state index >= 15 is 0 Å². The van der Waals surface area contributed by atoms with Crippen molar-refractivity contribution in [2.75, 3.05) is 39.3 Å². The van der Waals surface area contributed by atoms with Gasteiger partial charge >= 0.3 is 0 Å². The van der Waals surface area contributed by atoms with Gasteiger partial charge in [-0.3, -0.25) is 9.80 Å². The summed E-state index contributed by atoms with van der Waals surface area (Å²) in [5.41, 5.74) is 0. The number of piperazine rings is 1. The summed E-state index contributed by atoms with van der Waals surface area (Å²) in [7, 11) is 0. The van der Waals surface area contributed by atoms with Crippen LogP contribution in [0.2, 0.25) is 0 Å². The molecule has 3 nitrogen and oxygen atoms in total. The molecule has 1 saturated carbocycles. The van der Waals surface area contributed by atoms with Gasteiger partial charge in [0, 0.05) is 50.8 Å². The number of likely N-dealkylation sites (tertiary alicyclic amines) is 1. The molecule has 0 aromatic rings. The maximum atomic E-state index is 2.67. The Balaban J connectivity index is -0.000000134. The van der Waals surface area contributed by atoms with Gasteiger partial charge in [0.2, 0.25) is 0 Å². The highest BCUT2D eigenvalue weighted by atomic mass is 15.3. The van der Waals surface area contributed by atoms with Crippen molar-refractivity contribution >= 4 is 0 Å². The molecule has 3 unspecified atom stereocenters. The Labute approximate surface area is 259 Å². The molecule has 3 heteroatoms. The van der Waals surface area contributed by atoms with Crippen LogP contribution >= 0.6 is 0 Å². The van der Waals surface area contributed by atoms with Crippen LogP contribution in [0.5, 0.6) is 0 Å². The van der Waals surface area contributed by atoms with Crippen LogP contribution in [-0.2, 0) is 0 Å². The summed E-state index contributed by atoms with van der Waals surface area (Å²) >= 11 is 0. The number of nitrogens with zero attached hydrogens (tertiary/aromatic N) is 3. The monoisotopic (exact) mass is 574 g/mol. The van der Waals surface area contributed by atoms with Crippen molar-refractivity contribution < 1.29 is 0 Å². The van der Waals surface area contributed by atoms with Crippen LogP contribution in [-0.4, -0.2) is 72.1 Å². The van der Waals surface area contributed by atoms with Crippen LogP contribution in [0.25, 0.3) is 0 Å². The van der Waals surface area contributed by atoms with E-state index in [-0.39, 0.29) is 7.43 Å². The maximum absolute atomic E-state index is 2.67. The molecular weight excluding hydrogens is 486 g/mol. The SMILES string of the molecule is C.CC.CC.CC.CC.CC(C)C.CC(C)C.CC(C)N1CC2CCCC2C1.CC(C)N1CCN2CCCC2C1. The third kappa shape index (κ3) is 25.6. The summed E-state index contributed by atoms with van der Waals surface area (Å²) < 4.78 is 0. The molecule has 3 aliphatic heterocycles. The third-order valence-electron chi connectivity index (χ3n) is 6.83. The molecule has 4 aliphatic rings. The minimum Gasteiger partial charge on any atom is -0.300 e. The first-order chi connectivity index (χ1) is 18.5. The van der Waals surface area contributed by atoms with Crippen molar-refractivity contribution in [1.29, 1.82) is 0 Å². The largest absolute Gasteiger partial charge is 0.300 e. The van der Waals surface area contributed by atoms with Crippen molar-refractivity contribution in [1.82, 2.24) is 14.7 Å². The second-order valence-electron chi connectivity index (χ2n) is 12.4. The van der Waals surface area contributed by atoms with Crippen LogP contribution in [0.3, 0.4) is 0 Å². The third-order valence-corrected chi connectivity index (χ3v) is 6.83. The highest BCUT2D eigenvalue weighted by molar-refractivity contribution is 4.89.